The normalized spacial score (nSPS) is 26.0. The lowest BCUT2D eigenvalue weighted by Gasteiger charge is -2.39. The Labute approximate surface area is 136 Å². The van der Waals surface area contributed by atoms with Gasteiger partial charge in [0, 0.05) is 11.1 Å². The van der Waals surface area contributed by atoms with Crippen molar-refractivity contribution in [2.45, 2.75) is 58.3 Å². The van der Waals surface area contributed by atoms with Gasteiger partial charge in [0.05, 0.1) is 0 Å². The Hall–Kier alpha value is -0.410. The van der Waals surface area contributed by atoms with Crippen LogP contribution in [0.3, 0.4) is 0 Å². The summed E-state index contributed by atoms with van der Waals surface area (Å²) < 4.78 is 14.8. The highest BCUT2D eigenvalue weighted by Crippen LogP contribution is 2.43. The van der Waals surface area contributed by atoms with Crippen molar-refractivity contribution in [3.63, 3.8) is 0 Å². The second-order valence-corrected chi connectivity index (χ2v) is 7.57. The third kappa shape index (κ3) is 4.53. The van der Waals surface area contributed by atoms with E-state index in [1.54, 1.807) is 0 Å². The monoisotopic (exact) mass is 356 g/mol. The fraction of sp³-hybridized carbons (Fsp3) is 0.667. The molecule has 1 nitrogen and oxygen atoms in total. The van der Waals surface area contributed by atoms with E-state index in [9.17, 15) is 9.50 Å². The van der Waals surface area contributed by atoms with Gasteiger partial charge in [0.25, 0.3) is 0 Å². The van der Waals surface area contributed by atoms with Crippen LogP contribution >= 0.6 is 15.9 Å². The second kappa shape index (κ2) is 7.73. The number of aliphatic hydroxyl groups is 1. The Bertz CT molecular complexity index is 453. The molecule has 0 amide bonds. The largest absolute Gasteiger partial charge is 0.396 e. The van der Waals surface area contributed by atoms with Crippen molar-refractivity contribution < 1.29 is 9.50 Å². The van der Waals surface area contributed by atoms with Crippen LogP contribution in [0.1, 0.15) is 57.4 Å². The molecule has 0 heterocycles. The van der Waals surface area contributed by atoms with Crippen molar-refractivity contribution >= 4 is 15.9 Å². The highest BCUT2D eigenvalue weighted by molar-refractivity contribution is 9.10. The van der Waals surface area contributed by atoms with E-state index in [1.165, 1.54) is 38.2 Å². The van der Waals surface area contributed by atoms with Gasteiger partial charge in [0.1, 0.15) is 5.82 Å². The Morgan fingerprint density at radius 1 is 1.33 bits per heavy atom. The maximum absolute atomic E-state index is 14.0. The summed E-state index contributed by atoms with van der Waals surface area (Å²) in [5.41, 5.74) is 0.622. The van der Waals surface area contributed by atoms with Gasteiger partial charge in [0.15, 0.2) is 0 Å². The standard InChI is InChI=1S/C18H26BrFO/c1-2-3-4-14-7-9-18(13-21,10-8-14)12-15-5-6-16(19)11-17(15)20/h5-6,11,14,21H,2-4,7-10,12-13H2,1H3. The summed E-state index contributed by atoms with van der Waals surface area (Å²) in [5, 5.41) is 9.88. The third-order valence-electron chi connectivity index (χ3n) is 5.05. The lowest BCUT2D eigenvalue weighted by Crippen LogP contribution is -2.33. The van der Waals surface area contributed by atoms with Crippen molar-refractivity contribution in [3.8, 4) is 0 Å². The predicted molar refractivity (Wildman–Crippen MR) is 88.8 cm³/mol. The van der Waals surface area contributed by atoms with Crippen LogP contribution in [0.4, 0.5) is 4.39 Å². The topological polar surface area (TPSA) is 20.2 Å². The maximum atomic E-state index is 14.0. The molecule has 1 aliphatic rings. The van der Waals surface area contributed by atoms with E-state index in [2.05, 4.69) is 22.9 Å². The van der Waals surface area contributed by atoms with E-state index in [0.717, 1.165) is 28.8 Å². The number of benzene rings is 1. The summed E-state index contributed by atoms with van der Waals surface area (Å²) in [4.78, 5) is 0. The average molecular weight is 357 g/mol. The lowest BCUT2D eigenvalue weighted by molar-refractivity contribution is 0.0613. The van der Waals surface area contributed by atoms with E-state index >= 15 is 0 Å². The number of aliphatic hydroxyl groups excluding tert-OH is 1. The molecule has 1 fully saturated rings. The molecule has 118 valence electrons. The molecule has 3 heteroatoms. The van der Waals surface area contributed by atoms with Crippen LogP contribution in [-0.4, -0.2) is 11.7 Å². The van der Waals surface area contributed by atoms with E-state index in [4.69, 9.17) is 0 Å². The van der Waals surface area contributed by atoms with Crippen molar-refractivity contribution in [2.75, 3.05) is 6.61 Å². The van der Waals surface area contributed by atoms with Gasteiger partial charge in [-0.3, -0.25) is 0 Å². The van der Waals surface area contributed by atoms with Crippen LogP contribution in [0, 0.1) is 17.2 Å². The summed E-state index contributed by atoms with van der Waals surface area (Å²) >= 11 is 3.29. The number of rotatable bonds is 6. The van der Waals surface area contributed by atoms with Crippen molar-refractivity contribution in [3.05, 3.63) is 34.1 Å². The first-order chi connectivity index (χ1) is 10.1. The molecule has 0 saturated heterocycles. The Morgan fingerprint density at radius 2 is 2.05 bits per heavy atom. The highest BCUT2D eigenvalue weighted by atomic mass is 79.9. The molecule has 21 heavy (non-hydrogen) atoms. The predicted octanol–water partition coefficient (Wildman–Crippen LogP) is 5.49. The quantitative estimate of drug-likeness (QED) is 0.714. The van der Waals surface area contributed by atoms with Crippen LogP contribution in [0.15, 0.2) is 22.7 Å². The fourth-order valence-electron chi connectivity index (χ4n) is 3.53. The fourth-order valence-corrected chi connectivity index (χ4v) is 3.86. The Balaban J connectivity index is 1.99. The summed E-state index contributed by atoms with van der Waals surface area (Å²) in [5.74, 6) is 0.643. The molecule has 1 aromatic rings. The molecule has 0 spiro atoms. The Kier molecular flexibility index (Phi) is 6.24. The first kappa shape index (κ1) is 17.0. The van der Waals surface area contributed by atoms with Crippen LogP contribution in [0.25, 0.3) is 0 Å². The molecule has 0 radical (unpaired) electrons. The number of hydrogen-bond acceptors (Lipinski definition) is 1. The van der Waals surface area contributed by atoms with Crippen molar-refractivity contribution in [2.24, 2.45) is 11.3 Å². The zero-order valence-corrected chi connectivity index (χ0v) is 14.5. The molecule has 0 bridgehead atoms. The molecule has 0 atom stereocenters. The summed E-state index contributed by atoms with van der Waals surface area (Å²) in [6, 6.07) is 5.25. The Morgan fingerprint density at radius 3 is 2.62 bits per heavy atom. The second-order valence-electron chi connectivity index (χ2n) is 6.66. The molecule has 1 aromatic carbocycles. The van der Waals surface area contributed by atoms with E-state index in [0.29, 0.717) is 6.42 Å². The van der Waals surface area contributed by atoms with Gasteiger partial charge in [-0.05, 0) is 61.1 Å². The third-order valence-corrected chi connectivity index (χ3v) is 5.54. The van der Waals surface area contributed by atoms with E-state index < -0.39 is 0 Å². The van der Waals surface area contributed by atoms with Gasteiger partial charge >= 0.3 is 0 Å². The zero-order chi connectivity index (χ0) is 15.3. The van der Waals surface area contributed by atoms with Gasteiger partial charge < -0.3 is 5.11 Å². The number of hydrogen-bond donors (Lipinski definition) is 1. The summed E-state index contributed by atoms with van der Waals surface area (Å²) in [7, 11) is 0. The van der Waals surface area contributed by atoms with Gasteiger partial charge in [0.2, 0.25) is 0 Å². The van der Waals surface area contributed by atoms with E-state index in [-0.39, 0.29) is 17.8 Å². The average Bonchev–Trinajstić information content (AvgIpc) is 2.49. The first-order valence-electron chi connectivity index (χ1n) is 8.13. The van der Waals surface area contributed by atoms with Crippen LogP contribution in [0.2, 0.25) is 0 Å². The molecule has 2 rings (SSSR count). The molecule has 1 aliphatic carbocycles. The van der Waals surface area contributed by atoms with Gasteiger partial charge in [-0.1, -0.05) is 48.2 Å². The molecule has 0 aromatic heterocycles. The molecule has 1 saturated carbocycles. The smallest absolute Gasteiger partial charge is 0.127 e. The number of unbranched alkanes of at least 4 members (excludes halogenated alkanes) is 1. The lowest BCUT2D eigenvalue weighted by atomic mass is 9.67. The molecule has 0 aliphatic heterocycles. The van der Waals surface area contributed by atoms with Crippen LogP contribution in [-0.2, 0) is 6.42 Å². The molecule has 0 unspecified atom stereocenters. The molecular formula is C18H26BrFO. The van der Waals surface area contributed by atoms with Crippen molar-refractivity contribution in [1.82, 2.24) is 0 Å². The minimum Gasteiger partial charge on any atom is -0.396 e. The van der Waals surface area contributed by atoms with Gasteiger partial charge in [-0.15, -0.1) is 0 Å². The maximum Gasteiger partial charge on any atom is 0.127 e. The minimum absolute atomic E-state index is 0.114. The van der Waals surface area contributed by atoms with Crippen LogP contribution in [0.5, 0.6) is 0 Å². The van der Waals surface area contributed by atoms with Crippen molar-refractivity contribution in [1.29, 1.82) is 0 Å². The SMILES string of the molecule is CCCCC1CCC(CO)(Cc2ccc(Br)cc2F)CC1. The zero-order valence-electron chi connectivity index (χ0n) is 12.9. The van der Waals surface area contributed by atoms with Gasteiger partial charge in [-0.2, -0.15) is 0 Å². The number of halogens is 2. The molecule has 1 N–H and O–H groups in total. The highest BCUT2D eigenvalue weighted by Gasteiger charge is 2.35. The van der Waals surface area contributed by atoms with Crippen LogP contribution < -0.4 is 0 Å². The van der Waals surface area contributed by atoms with Gasteiger partial charge in [-0.25, -0.2) is 4.39 Å². The molecular weight excluding hydrogens is 331 g/mol. The van der Waals surface area contributed by atoms with E-state index in [1.807, 2.05) is 12.1 Å². The summed E-state index contributed by atoms with van der Waals surface area (Å²) in [6.45, 7) is 2.40. The minimum atomic E-state index is -0.162. The first-order valence-corrected chi connectivity index (χ1v) is 8.92. The summed E-state index contributed by atoms with van der Waals surface area (Å²) in [6.07, 6.45) is 8.93.